The molecule has 0 fully saturated rings. The van der Waals surface area contributed by atoms with Crippen molar-refractivity contribution >= 4 is 18.3 Å². The molecular weight excluding hydrogens is 310 g/mol. The van der Waals surface area contributed by atoms with Crippen molar-refractivity contribution in [2.24, 2.45) is 5.92 Å². The van der Waals surface area contributed by atoms with Gasteiger partial charge >= 0.3 is 12.1 Å². The number of carbonyl (C=O) groups is 3. The van der Waals surface area contributed by atoms with Gasteiger partial charge in [-0.2, -0.15) is 0 Å². The van der Waals surface area contributed by atoms with Gasteiger partial charge < -0.3 is 15.2 Å². The fraction of sp³-hybridized carbons (Fsp3) is 0.500. The van der Waals surface area contributed by atoms with Crippen LogP contribution in [0.15, 0.2) is 24.3 Å². The van der Waals surface area contributed by atoms with E-state index in [2.05, 4.69) is 5.32 Å². The summed E-state index contributed by atoms with van der Waals surface area (Å²) in [5.41, 5.74) is 0.840. The van der Waals surface area contributed by atoms with Gasteiger partial charge in [-0.25, -0.2) is 4.79 Å². The van der Waals surface area contributed by atoms with Gasteiger partial charge in [-0.1, -0.05) is 31.2 Å². The monoisotopic (exact) mass is 335 g/mol. The Balaban J connectivity index is 2.81. The number of carboxylic acids is 1. The van der Waals surface area contributed by atoms with Gasteiger partial charge in [0.05, 0.1) is 5.92 Å². The van der Waals surface area contributed by atoms with Crippen LogP contribution in [0, 0.1) is 5.92 Å². The van der Waals surface area contributed by atoms with E-state index >= 15 is 0 Å². The van der Waals surface area contributed by atoms with Gasteiger partial charge in [0.1, 0.15) is 11.9 Å². The van der Waals surface area contributed by atoms with Crippen LogP contribution in [0.1, 0.15) is 50.0 Å². The van der Waals surface area contributed by atoms with E-state index in [0.29, 0.717) is 12.0 Å². The van der Waals surface area contributed by atoms with Gasteiger partial charge in [-0.05, 0) is 39.2 Å². The molecule has 0 bridgehead atoms. The van der Waals surface area contributed by atoms with Crippen LogP contribution in [0.3, 0.4) is 0 Å². The zero-order chi connectivity index (χ0) is 18.3. The Morgan fingerprint density at radius 2 is 1.83 bits per heavy atom. The second-order valence-corrected chi connectivity index (χ2v) is 6.88. The van der Waals surface area contributed by atoms with Crippen LogP contribution in [0.25, 0.3) is 0 Å². The molecule has 0 saturated carbocycles. The second kappa shape index (κ2) is 8.47. The molecule has 0 aliphatic heterocycles. The largest absolute Gasteiger partial charge is 0.481 e. The predicted octanol–water partition coefficient (Wildman–Crippen LogP) is 3.05. The Labute approximate surface area is 142 Å². The average molecular weight is 335 g/mol. The van der Waals surface area contributed by atoms with E-state index < -0.39 is 23.6 Å². The molecule has 0 aliphatic rings. The van der Waals surface area contributed by atoms with Crippen molar-refractivity contribution in [2.75, 3.05) is 0 Å². The summed E-state index contributed by atoms with van der Waals surface area (Å²) in [6, 6.07) is 6.58. The van der Waals surface area contributed by atoms with E-state index in [1.807, 2.05) is 0 Å². The Bertz CT molecular complexity index is 574. The highest BCUT2D eigenvalue weighted by molar-refractivity contribution is 5.74. The molecule has 6 nitrogen and oxygen atoms in total. The van der Waals surface area contributed by atoms with Crippen molar-refractivity contribution in [1.82, 2.24) is 5.32 Å². The maximum Gasteiger partial charge on any atom is 0.407 e. The number of nitrogens with one attached hydrogen (secondary N) is 1. The summed E-state index contributed by atoms with van der Waals surface area (Å²) in [6.07, 6.45) is 0.918. The SMILES string of the molecule is CC(CC(Cc1ccc(C=O)cc1)NC(=O)OC(C)(C)C)C(=O)O. The van der Waals surface area contributed by atoms with Crippen molar-refractivity contribution in [3.8, 4) is 0 Å². The fourth-order valence-electron chi connectivity index (χ4n) is 2.21. The summed E-state index contributed by atoms with van der Waals surface area (Å²) in [6.45, 7) is 6.89. The quantitative estimate of drug-likeness (QED) is 0.747. The van der Waals surface area contributed by atoms with Gasteiger partial charge in [0.2, 0.25) is 0 Å². The first-order valence-corrected chi connectivity index (χ1v) is 7.87. The molecule has 2 N–H and O–H groups in total. The molecular formula is C18H25NO5. The van der Waals surface area contributed by atoms with Gasteiger partial charge in [-0.3, -0.25) is 9.59 Å². The number of hydrogen-bond acceptors (Lipinski definition) is 4. The van der Waals surface area contributed by atoms with Crippen LogP contribution in [0.2, 0.25) is 0 Å². The minimum Gasteiger partial charge on any atom is -0.481 e. The zero-order valence-corrected chi connectivity index (χ0v) is 14.5. The van der Waals surface area contributed by atoms with Gasteiger partial charge in [0, 0.05) is 11.6 Å². The maximum absolute atomic E-state index is 12.0. The lowest BCUT2D eigenvalue weighted by molar-refractivity contribution is -0.141. The number of benzene rings is 1. The van der Waals surface area contributed by atoms with Crippen LogP contribution in [-0.2, 0) is 16.0 Å². The molecule has 0 radical (unpaired) electrons. The number of carboxylic acid groups (broad SMARTS) is 1. The molecule has 1 aromatic carbocycles. The van der Waals surface area contributed by atoms with Crippen molar-refractivity contribution in [3.05, 3.63) is 35.4 Å². The van der Waals surface area contributed by atoms with Crippen LogP contribution >= 0.6 is 0 Å². The summed E-state index contributed by atoms with van der Waals surface area (Å²) < 4.78 is 5.24. The molecule has 1 amide bonds. The lowest BCUT2D eigenvalue weighted by Gasteiger charge is -2.24. The van der Waals surface area contributed by atoms with E-state index in [1.165, 1.54) is 0 Å². The van der Waals surface area contributed by atoms with E-state index in [0.717, 1.165) is 11.8 Å². The topological polar surface area (TPSA) is 92.7 Å². The second-order valence-electron chi connectivity index (χ2n) is 6.88. The minimum absolute atomic E-state index is 0.282. The third-order valence-corrected chi connectivity index (χ3v) is 3.38. The summed E-state index contributed by atoms with van der Waals surface area (Å²) in [4.78, 5) is 33.8. The first-order valence-electron chi connectivity index (χ1n) is 7.87. The number of hydrogen-bond donors (Lipinski definition) is 2. The van der Waals surface area contributed by atoms with Crippen LogP contribution < -0.4 is 5.32 Å². The normalized spacial score (nSPS) is 13.7. The first-order chi connectivity index (χ1) is 11.1. The number of aldehydes is 1. The number of rotatable bonds is 7. The minimum atomic E-state index is -0.915. The first kappa shape index (κ1) is 19.7. The van der Waals surface area contributed by atoms with Gasteiger partial charge in [0.15, 0.2) is 0 Å². The number of carbonyl (C=O) groups excluding carboxylic acids is 2. The van der Waals surface area contributed by atoms with Crippen LogP contribution in [0.5, 0.6) is 0 Å². The molecule has 2 atom stereocenters. The molecule has 6 heteroatoms. The molecule has 1 aromatic rings. The molecule has 0 heterocycles. The fourth-order valence-corrected chi connectivity index (χ4v) is 2.21. The summed E-state index contributed by atoms with van der Waals surface area (Å²) in [5, 5.41) is 11.8. The molecule has 132 valence electrons. The van der Waals surface area contributed by atoms with Crippen molar-refractivity contribution < 1.29 is 24.2 Å². The molecule has 0 aromatic heterocycles. The van der Waals surface area contributed by atoms with Crippen LogP contribution in [0.4, 0.5) is 4.79 Å². The highest BCUT2D eigenvalue weighted by atomic mass is 16.6. The Morgan fingerprint density at radius 1 is 1.25 bits per heavy atom. The van der Waals surface area contributed by atoms with E-state index in [1.54, 1.807) is 52.0 Å². The summed E-state index contributed by atoms with van der Waals surface area (Å²) >= 11 is 0. The van der Waals surface area contributed by atoms with Gasteiger partial charge in [0.25, 0.3) is 0 Å². The standard InChI is InChI=1S/C18H25NO5/c1-12(16(21)22)9-15(19-17(23)24-18(2,3)4)10-13-5-7-14(11-20)8-6-13/h5-8,11-12,15H,9-10H2,1-4H3,(H,19,23)(H,21,22). The smallest absolute Gasteiger partial charge is 0.407 e. The Hall–Kier alpha value is -2.37. The summed E-state index contributed by atoms with van der Waals surface area (Å²) in [7, 11) is 0. The van der Waals surface area contributed by atoms with Crippen molar-refractivity contribution in [2.45, 2.75) is 52.2 Å². The lowest BCUT2D eigenvalue weighted by Crippen LogP contribution is -2.41. The molecule has 0 spiro atoms. The third-order valence-electron chi connectivity index (χ3n) is 3.38. The predicted molar refractivity (Wildman–Crippen MR) is 90.1 cm³/mol. The highest BCUT2D eigenvalue weighted by Crippen LogP contribution is 2.14. The Morgan fingerprint density at radius 3 is 2.29 bits per heavy atom. The summed E-state index contributed by atoms with van der Waals surface area (Å²) in [5.74, 6) is -1.51. The number of alkyl carbamates (subject to hydrolysis) is 1. The van der Waals surface area contributed by atoms with E-state index in [4.69, 9.17) is 9.84 Å². The number of aliphatic carboxylic acids is 1. The lowest BCUT2D eigenvalue weighted by atomic mass is 9.96. The number of ether oxygens (including phenoxy) is 1. The van der Waals surface area contributed by atoms with Gasteiger partial charge in [-0.15, -0.1) is 0 Å². The van der Waals surface area contributed by atoms with E-state index in [9.17, 15) is 14.4 Å². The van der Waals surface area contributed by atoms with Crippen LogP contribution in [-0.4, -0.2) is 35.1 Å². The molecule has 1 rings (SSSR count). The molecule has 0 aliphatic carbocycles. The van der Waals surface area contributed by atoms with Crippen molar-refractivity contribution in [3.63, 3.8) is 0 Å². The average Bonchev–Trinajstić information content (AvgIpc) is 2.45. The maximum atomic E-state index is 12.0. The molecule has 0 saturated heterocycles. The zero-order valence-electron chi connectivity index (χ0n) is 14.5. The molecule has 24 heavy (non-hydrogen) atoms. The highest BCUT2D eigenvalue weighted by Gasteiger charge is 2.23. The Kier molecular flexibility index (Phi) is 6.95. The van der Waals surface area contributed by atoms with E-state index in [-0.39, 0.29) is 12.5 Å². The molecule has 2 unspecified atom stereocenters. The number of amides is 1. The van der Waals surface area contributed by atoms with Crippen molar-refractivity contribution in [1.29, 1.82) is 0 Å². The third kappa shape index (κ3) is 7.26.